The molecule has 1 saturated heterocycles. The first-order valence-corrected chi connectivity index (χ1v) is 8.14. The predicted octanol–water partition coefficient (Wildman–Crippen LogP) is 2.23. The zero-order chi connectivity index (χ0) is 17.1. The third-order valence-corrected chi connectivity index (χ3v) is 4.28. The molecule has 2 aromatic rings. The van der Waals surface area contributed by atoms with E-state index in [4.69, 9.17) is 11.6 Å². The standard InChI is InChI=1S/C17H17ClN4O2/c1-2-14-13(9-19-10-20-14)16(23)21-15-7-8-22(17(15)24)12-5-3-11(18)4-6-12/h3-6,9-10,15H,2,7-8H2,1H3,(H,21,23)/t15-/m1/s1. The van der Waals surface area contributed by atoms with Gasteiger partial charge in [-0.05, 0) is 37.1 Å². The third kappa shape index (κ3) is 3.23. The Morgan fingerprint density at radius 1 is 1.38 bits per heavy atom. The highest BCUT2D eigenvalue weighted by Gasteiger charge is 2.34. The van der Waals surface area contributed by atoms with Gasteiger partial charge in [0, 0.05) is 23.5 Å². The highest BCUT2D eigenvalue weighted by molar-refractivity contribution is 6.30. The number of aryl methyl sites for hydroxylation is 1. The third-order valence-electron chi connectivity index (χ3n) is 4.02. The Labute approximate surface area is 144 Å². The van der Waals surface area contributed by atoms with E-state index < -0.39 is 6.04 Å². The molecule has 1 N–H and O–H groups in total. The molecule has 24 heavy (non-hydrogen) atoms. The molecule has 7 heteroatoms. The molecule has 1 aromatic heterocycles. The van der Waals surface area contributed by atoms with Crippen LogP contribution in [-0.2, 0) is 11.2 Å². The van der Waals surface area contributed by atoms with Crippen molar-refractivity contribution in [3.8, 4) is 0 Å². The Kier molecular flexibility index (Phi) is 4.76. The Morgan fingerprint density at radius 3 is 2.83 bits per heavy atom. The van der Waals surface area contributed by atoms with Gasteiger partial charge in [-0.1, -0.05) is 18.5 Å². The van der Waals surface area contributed by atoms with Crippen molar-refractivity contribution in [1.29, 1.82) is 0 Å². The summed E-state index contributed by atoms with van der Waals surface area (Å²) < 4.78 is 0. The van der Waals surface area contributed by atoms with Crippen LogP contribution in [0.3, 0.4) is 0 Å². The van der Waals surface area contributed by atoms with E-state index in [9.17, 15) is 9.59 Å². The topological polar surface area (TPSA) is 75.2 Å². The van der Waals surface area contributed by atoms with Crippen molar-refractivity contribution in [2.75, 3.05) is 11.4 Å². The molecular weight excluding hydrogens is 328 g/mol. The van der Waals surface area contributed by atoms with Crippen LogP contribution in [0.1, 0.15) is 29.4 Å². The molecule has 0 bridgehead atoms. The Hall–Kier alpha value is -2.47. The van der Waals surface area contributed by atoms with Crippen LogP contribution in [0, 0.1) is 0 Å². The number of carbonyl (C=O) groups excluding carboxylic acids is 2. The number of benzene rings is 1. The van der Waals surface area contributed by atoms with Crippen LogP contribution in [0.15, 0.2) is 36.8 Å². The fraction of sp³-hybridized carbons (Fsp3) is 0.294. The van der Waals surface area contributed by atoms with Gasteiger partial charge in [0.1, 0.15) is 12.4 Å². The average molecular weight is 345 g/mol. The van der Waals surface area contributed by atoms with Crippen molar-refractivity contribution in [2.24, 2.45) is 0 Å². The number of amides is 2. The van der Waals surface area contributed by atoms with Crippen molar-refractivity contribution in [1.82, 2.24) is 15.3 Å². The van der Waals surface area contributed by atoms with Crippen LogP contribution in [-0.4, -0.2) is 34.4 Å². The monoisotopic (exact) mass is 344 g/mol. The summed E-state index contributed by atoms with van der Waals surface area (Å²) in [7, 11) is 0. The largest absolute Gasteiger partial charge is 0.340 e. The van der Waals surface area contributed by atoms with Gasteiger partial charge in [0.2, 0.25) is 5.91 Å². The quantitative estimate of drug-likeness (QED) is 0.922. The van der Waals surface area contributed by atoms with Crippen molar-refractivity contribution in [3.63, 3.8) is 0 Å². The first kappa shape index (κ1) is 16.4. The van der Waals surface area contributed by atoms with Gasteiger partial charge in [-0.3, -0.25) is 9.59 Å². The van der Waals surface area contributed by atoms with Crippen LogP contribution < -0.4 is 10.2 Å². The summed E-state index contributed by atoms with van der Waals surface area (Å²) >= 11 is 5.88. The van der Waals surface area contributed by atoms with Gasteiger partial charge in [-0.15, -0.1) is 0 Å². The lowest BCUT2D eigenvalue weighted by Crippen LogP contribution is -2.42. The zero-order valence-electron chi connectivity index (χ0n) is 13.2. The molecule has 0 aliphatic carbocycles. The maximum absolute atomic E-state index is 12.6. The van der Waals surface area contributed by atoms with E-state index >= 15 is 0 Å². The molecule has 2 amide bonds. The van der Waals surface area contributed by atoms with Crippen molar-refractivity contribution in [3.05, 3.63) is 53.1 Å². The molecule has 0 spiro atoms. The van der Waals surface area contributed by atoms with E-state index in [2.05, 4.69) is 15.3 Å². The minimum Gasteiger partial charge on any atom is -0.340 e. The summed E-state index contributed by atoms with van der Waals surface area (Å²) in [6.45, 7) is 2.47. The highest BCUT2D eigenvalue weighted by atomic mass is 35.5. The number of carbonyl (C=O) groups is 2. The van der Waals surface area contributed by atoms with Gasteiger partial charge in [0.05, 0.1) is 11.3 Å². The zero-order valence-corrected chi connectivity index (χ0v) is 14.0. The maximum Gasteiger partial charge on any atom is 0.255 e. The van der Waals surface area contributed by atoms with Crippen molar-refractivity contribution < 1.29 is 9.59 Å². The SMILES string of the molecule is CCc1ncncc1C(=O)N[C@@H]1CCN(c2ccc(Cl)cc2)C1=O. The fourth-order valence-corrected chi connectivity index (χ4v) is 2.88. The number of hydrogen-bond donors (Lipinski definition) is 1. The van der Waals surface area contributed by atoms with E-state index in [0.717, 1.165) is 5.69 Å². The first-order chi connectivity index (χ1) is 11.6. The normalized spacial score (nSPS) is 17.2. The maximum atomic E-state index is 12.6. The molecular formula is C17H17ClN4O2. The molecule has 0 saturated carbocycles. The highest BCUT2D eigenvalue weighted by Crippen LogP contribution is 2.23. The van der Waals surface area contributed by atoms with Gasteiger partial charge in [0.15, 0.2) is 0 Å². The summed E-state index contributed by atoms with van der Waals surface area (Å²) in [5, 5.41) is 3.41. The van der Waals surface area contributed by atoms with E-state index in [-0.39, 0.29) is 11.8 Å². The molecule has 1 atom stereocenters. The molecule has 1 fully saturated rings. The van der Waals surface area contributed by atoms with Crippen molar-refractivity contribution >= 4 is 29.1 Å². The summed E-state index contributed by atoms with van der Waals surface area (Å²) in [5.41, 5.74) is 1.86. The van der Waals surface area contributed by atoms with E-state index in [1.807, 2.05) is 6.92 Å². The van der Waals surface area contributed by atoms with Crippen LogP contribution in [0.25, 0.3) is 0 Å². The van der Waals surface area contributed by atoms with E-state index in [1.165, 1.54) is 12.5 Å². The number of aromatic nitrogens is 2. The number of nitrogens with zero attached hydrogens (tertiary/aromatic N) is 3. The molecule has 124 valence electrons. The summed E-state index contributed by atoms with van der Waals surface area (Å²) in [6, 6.07) is 6.53. The smallest absolute Gasteiger partial charge is 0.255 e. The minimum absolute atomic E-state index is 0.124. The number of rotatable bonds is 4. The molecule has 1 aliphatic heterocycles. The summed E-state index contributed by atoms with van der Waals surface area (Å²) in [6.07, 6.45) is 4.08. The molecule has 0 radical (unpaired) electrons. The number of hydrogen-bond acceptors (Lipinski definition) is 4. The first-order valence-electron chi connectivity index (χ1n) is 7.77. The number of nitrogens with one attached hydrogen (secondary N) is 1. The van der Waals surface area contributed by atoms with Crippen LogP contribution in [0.2, 0.25) is 5.02 Å². The molecule has 1 aromatic carbocycles. The van der Waals surface area contributed by atoms with Gasteiger partial charge < -0.3 is 10.2 Å². The van der Waals surface area contributed by atoms with E-state index in [1.54, 1.807) is 29.2 Å². The number of halogens is 1. The summed E-state index contributed by atoms with van der Waals surface area (Å²) in [5.74, 6) is -0.440. The molecule has 1 aliphatic rings. The second-order valence-corrected chi connectivity index (χ2v) is 5.95. The van der Waals surface area contributed by atoms with Crippen LogP contribution in [0.4, 0.5) is 5.69 Å². The Balaban J connectivity index is 1.71. The fourth-order valence-electron chi connectivity index (χ4n) is 2.75. The molecule has 2 heterocycles. The number of anilines is 1. The van der Waals surface area contributed by atoms with Crippen molar-refractivity contribution in [2.45, 2.75) is 25.8 Å². The lowest BCUT2D eigenvalue weighted by atomic mass is 10.1. The van der Waals surface area contributed by atoms with E-state index in [0.29, 0.717) is 35.7 Å². The predicted molar refractivity (Wildman–Crippen MR) is 91.1 cm³/mol. The second-order valence-electron chi connectivity index (χ2n) is 5.52. The van der Waals surface area contributed by atoms with Gasteiger partial charge in [-0.25, -0.2) is 9.97 Å². The van der Waals surface area contributed by atoms with Gasteiger partial charge in [-0.2, -0.15) is 0 Å². The molecule has 6 nitrogen and oxygen atoms in total. The van der Waals surface area contributed by atoms with Gasteiger partial charge >= 0.3 is 0 Å². The lowest BCUT2D eigenvalue weighted by Gasteiger charge is -2.17. The van der Waals surface area contributed by atoms with Crippen LogP contribution >= 0.6 is 11.6 Å². The Bertz CT molecular complexity index is 763. The second kappa shape index (κ2) is 6.97. The lowest BCUT2D eigenvalue weighted by molar-refractivity contribution is -0.118. The summed E-state index contributed by atoms with van der Waals surface area (Å²) in [4.78, 5) is 34.7. The van der Waals surface area contributed by atoms with Crippen LogP contribution in [0.5, 0.6) is 0 Å². The molecule has 3 rings (SSSR count). The minimum atomic E-state index is -0.543. The van der Waals surface area contributed by atoms with Gasteiger partial charge in [0.25, 0.3) is 5.91 Å². The Morgan fingerprint density at radius 2 is 2.12 bits per heavy atom. The average Bonchev–Trinajstić information content (AvgIpc) is 2.96. The molecule has 0 unspecified atom stereocenters.